The van der Waals surface area contributed by atoms with E-state index in [1.807, 2.05) is 0 Å². The van der Waals surface area contributed by atoms with Gasteiger partial charge >= 0.3 is 0 Å². The number of hydrogen-bond acceptors (Lipinski definition) is 4. The Balaban J connectivity index is 1.12. The zero-order valence-electron chi connectivity index (χ0n) is 16.9. The summed E-state index contributed by atoms with van der Waals surface area (Å²) in [5, 5.41) is 0. The number of anilines is 1. The molecular weight excluding hydrogens is 334 g/mol. The van der Waals surface area contributed by atoms with Crippen LogP contribution in [-0.4, -0.2) is 68.3 Å². The molecule has 2 aliphatic heterocycles. The minimum absolute atomic E-state index is 0.805. The fourth-order valence-corrected chi connectivity index (χ4v) is 6.46. The van der Waals surface area contributed by atoms with E-state index < -0.39 is 0 Å². The van der Waals surface area contributed by atoms with E-state index in [9.17, 15) is 0 Å². The van der Waals surface area contributed by atoms with Crippen molar-refractivity contribution in [3.05, 3.63) is 24.3 Å². The number of piperidine rings is 1. The lowest BCUT2D eigenvalue weighted by Crippen LogP contribution is -2.54. The maximum Gasteiger partial charge on any atom is 0.142 e. The molecule has 0 aromatic heterocycles. The summed E-state index contributed by atoms with van der Waals surface area (Å²) in [5.41, 5.74) is 1.26. The van der Waals surface area contributed by atoms with E-state index >= 15 is 0 Å². The molecule has 1 aromatic rings. The van der Waals surface area contributed by atoms with Crippen molar-refractivity contribution < 1.29 is 4.74 Å². The van der Waals surface area contributed by atoms with Crippen LogP contribution in [0, 0.1) is 11.8 Å². The fourth-order valence-electron chi connectivity index (χ4n) is 6.46. The van der Waals surface area contributed by atoms with Gasteiger partial charge in [0, 0.05) is 38.3 Å². The first kappa shape index (κ1) is 17.8. The van der Waals surface area contributed by atoms with Gasteiger partial charge in [-0.1, -0.05) is 18.6 Å². The molecule has 4 heteroatoms. The molecule has 5 rings (SSSR count). The Hall–Kier alpha value is -1.26. The van der Waals surface area contributed by atoms with Gasteiger partial charge in [0.05, 0.1) is 12.8 Å². The predicted molar refractivity (Wildman–Crippen MR) is 111 cm³/mol. The number of fused-ring (bicyclic) bond motifs is 2. The van der Waals surface area contributed by atoms with Gasteiger partial charge in [-0.3, -0.25) is 9.80 Å². The maximum atomic E-state index is 5.56. The normalized spacial score (nSPS) is 32.9. The van der Waals surface area contributed by atoms with Crippen molar-refractivity contribution in [2.24, 2.45) is 11.8 Å². The first-order chi connectivity index (χ1) is 13.3. The molecule has 0 unspecified atom stereocenters. The van der Waals surface area contributed by atoms with Gasteiger partial charge in [-0.15, -0.1) is 0 Å². The first-order valence-corrected chi connectivity index (χ1v) is 11.2. The molecule has 0 spiro atoms. The average Bonchev–Trinajstić information content (AvgIpc) is 3.38. The fraction of sp³-hybridized carbons (Fsp3) is 0.739. The predicted octanol–water partition coefficient (Wildman–Crippen LogP) is 3.47. The molecule has 4 fully saturated rings. The van der Waals surface area contributed by atoms with E-state index in [4.69, 9.17) is 4.74 Å². The van der Waals surface area contributed by atoms with Crippen LogP contribution in [0.15, 0.2) is 24.3 Å². The van der Waals surface area contributed by atoms with Gasteiger partial charge in [0.2, 0.25) is 0 Å². The van der Waals surface area contributed by atoms with Crippen LogP contribution in [0.25, 0.3) is 0 Å². The topological polar surface area (TPSA) is 19.0 Å². The molecule has 2 saturated heterocycles. The third-order valence-corrected chi connectivity index (χ3v) is 7.93. The SMILES string of the molecule is COc1ccccc1N1CCN(C2CCN([C@H]3C[C@H]4CC[C@@H]3C4)CC2)CC1. The lowest BCUT2D eigenvalue weighted by molar-refractivity contribution is 0.0617. The molecule has 2 saturated carbocycles. The number of para-hydroxylation sites is 2. The zero-order valence-corrected chi connectivity index (χ0v) is 16.9. The molecule has 4 aliphatic rings. The second kappa shape index (κ2) is 7.63. The molecule has 2 bridgehead atoms. The molecule has 0 radical (unpaired) electrons. The summed E-state index contributed by atoms with van der Waals surface area (Å²) in [7, 11) is 1.78. The highest BCUT2D eigenvalue weighted by Gasteiger charge is 2.43. The van der Waals surface area contributed by atoms with E-state index in [1.54, 1.807) is 7.11 Å². The molecule has 148 valence electrons. The van der Waals surface area contributed by atoms with Crippen molar-refractivity contribution in [1.29, 1.82) is 0 Å². The second-order valence-electron chi connectivity index (χ2n) is 9.20. The van der Waals surface area contributed by atoms with E-state index in [0.717, 1.165) is 42.8 Å². The quantitative estimate of drug-likeness (QED) is 0.809. The van der Waals surface area contributed by atoms with Gasteiger partial charge in [-0.05, 0) is 69.2 Å². The van der Waals surface area contributed by atoms with Gasteiger partial charge < -0.3 is 9.64 Å². The first-order valence-electron chi connectivity index (χ1n) is 11.2. The third-order valence-electron chi connectivity index (χ3n) is 7.93. The van der Waals surface area contributed by atoms with Crippen LogP contribution >= 0.6 is 0 Å². The number of piperazine rings is 1. The molecule has 2 aliphatic carbocycles. The van der Waals surface area contributed by atoms with Crippen LogP contribution in [0.2, 0.25) is 0 Å². The number of benzene rings is 1. The third kappa shape index (κ3) is 3.47. The summed E-state index contributed by atoms with van der Waals surface area (Å²) in [6.07, 6.45) is 8.84. The summed E-state index contributed by atoms with van der Waals surface area (Å²) in [4.78, 5) is 8.13. The second-order valence-corrected chi connectivity index (χ2v) is 9.20. The maximum absolute atomic E-state index is 5.56. The molecule has 0 amide bonds. The standard InChI is InChI=1S/C23H35N3O/c1-27-23-5-3-2-4-21(23)26-14-12-24(13-15-26)20-8-10-25(11-9-20)22-17-18-6-7-19(22)16-18/h2-5,18-20,22H,6-17H2,1H3/t18-,19+,22-/m0/s1. The zero-order chi connectivity index (χ0) is 18.2. The highest BCUT2D eigenvalue weighted by atomic mass is 16.5. The molecule has 1 aromatic carbocycles. The van der Waals surface area contributed by atoms with Gasteiger partial charge in [-0.2, -0.15) is 0 Å². The summed E-state index contributed by atoms with van der Waals surface area (Å²) < 4.78 is 5.56. The summed E-state index contributed by atoms with van der Waals surface area (Å²) >= 11 is 0. The molecule has 27 heavy (non-hydrogen) atoms. The summed E-state index contributed by atoms with van der Waals surface area (Å²) in [5.74, 6) is 3.11. The van der Waals surface area contributed by atoms with Crippen LogP contribution in [0.5, 0.6) is 5.75 Å². The molecular formula is C23H35N3O. The van der Waals surface area contributed by atoms with Gasteiger partial charge in [0.25, 0.3) is 0 Å². The van der Waals surface area contributed by atoms with Crippen LogP contribution in [0.1, 0.15) is 38.5 Å². The van der Waals surface area contributed by atoms with Crippen molar-refractivity contribution in [1.82, 2.24) is 9.80 Å². The van der Waals surface area contributed by atoms with Crippen LogP contribution in [0.4, 0.5) is 5.69 Å². The number of hydrogen-bond donors (Lipinski definition) is 0. The highest BCUT2D eigenvalue weighted by molar-refractivity contribution is 5.58. The van der Waals surface area contributed by atoms with Gasteiger partial charge in [-0.25, -0.2) is 0 Å². The van der Waals surface area contributed by atoms with Crippen molar-refractivity contribution in [3.63, 3.8) is 0 Å². The van der Waals surface area contributed by atoms with E-state index in [-0.39, 0.29) is 0 Å². The monoisotopic (exact) mass is 369 g/mol. The van der Waals surface area contributed by atoms with Gasteiger partial charge in [0.1, 0.15) is 5.75 Å². The van der Waals surface area contributed by atoms with Crippen LogP contribution < -0.4 is 9.64 Å². The molecule has 3 atom stereocenters. The Kier molecular flexibility index (Phi) is 5.04. The lowest BCUT2D eigenvalue weighted by atomic mass is 9.91. The Morgan fingerprint density at radius 1 is 0.815 bits per heavy atom. The minimum atomic E-state index is 0.805. The molecule has 4 nitrogen and oxygen atoms in total. The number of ether oxygens (including phenoxy) is 1. The Labute approximate surface area is 164 Å². The Morgan fingerprint density at radius 3 is 2.26 bits per heavy atom. The average molecular weight is 370 g/mol. The molecule has 0 N–H and O–H groups in total. The largest absolute Gasteiger partial charge is 0.495 e. The number of methoxy groups -OCH3 is 1. The summed E-state index contributed by atoms with van der Waals surface area (Å²) in [6, 6.07) is 10.2. The van der Waals surface area contributed by atoms with Crippen molar-refractivity contribution in [3.8, 4) is 5.75 Å². The molecule has 2 heterocycles. The highest BCUT2D eigenvalue weighted by Crippen LogP contribution is 2.47. The minimum Gasteiger partial charge on any atom is -0.495 e. The lowest BCUT2D eigenvalue weighted by Gasteiger charge is -2.45. The van der Waals surface area contributed by atoms with Crippen molar-refractivity contribution in [2.45, 2.75) is 50.6 Å². The van der Waals surface area contributed by atoms with E-state index in [2.05, 4.69) is 39.0 Å². The Morgan fingerprint density at radius 2 is 1.59 bits per heavy atom. The van der Waals surface area contributed by atoms with Crippen LogP contribution in [-0.2, 0) is 0 Å². The van der Waals surface area contributed by atoms with Gasteiger partial charge in [0.15, 0.2) is 0 Å². The van der Waals surface area contributed by atoms with Crippen molar-refractivity contribution >= 4 is 5.69 Å². The smallest absolute Gasteiger partial charge is 0.142 e. The van der Waals surface area contributed by atoms with E-state index in [0.29, 0.717) is 0 Å². The van der Waals surface area contributed by atoms with Crippen molar-refractivity contribution in [2.75, 3.05) is 51.3 Å². The number of rotatable bonds is 4. The van der Waals surface area contributed by atoms with Crippen LogP contribution in [0.3, 0.4) is 0 Å². The number of likely N-dealkylation sites (tertiary alicyclic amines) is 1. The number of nitrogens with zero attached hydrogens (tertiary/aromatic N) is 3. The Bertz CT molecular complexity index is 634. The van der Waals surface area contributed by atoms with E-state index in [1.165, 1.54) is 70.4 Å². The summed E-state index contributed by atoms with van der Waals surface area (Å²) in [6.45, 7) is 7.30.